The quantitative estimate of drug-likeness (QED) is 0.462. The zero-order valence-electron chi connectivity index (χ0n) is 8.74. The molecule has 4 nitrogen and oxygen atoms in total. The summed E-state index contributed by atoms with van der Waals surface area (Å²) in [6.07, 6.45) is 0.210. The van der Waals surface area contributed by atoms with E-state index in [1.807, 2.05) is 6.07 Å². The molecule has 0 fully saturated rings. The third-order valence-corrected chi connectivity index (χ3v) is 1.97. The molecule has 0 atom stereocenters. The number of benzene rings is 1. The zero-order chi connectivity index (χ0) is 11.3. The SMILES string of the molecule is COC(=N)c1cccc(CC(=O)OC)c1. The van der Waals surface area contributed by atoms with E-state index in [1.165, 1.54) is 14.2 Å². The first-order valence-corrected chi connectivity index (χ1v) is 4.46. The first-order chi connectivity index (χ1) is 7.17. The molecule has 15 heavy (non-hydrogen) atoms. The van der Waals surface area contributed by atoms with Gasteiger partial charge in [-0.3, -0.25) is 10.2 Å². The molecule has 0 aliphatic carbocycles. The second-order valence-corrected chi connectivity index (χ2v) is 2.99. The van der Waals surface area contributed by atoms with E-state index >= 15 is 0 Å². The van der Waals surface area contributed by atoms with Crippen LogP contribution in [0.5, 0.6) is 0 Å². The Kier molecular flexibility index (Phi) is 3.85. The molecule has 0 heterocycles. The van der Waals surface area contributed by atoms with Crippen LogP contribution in [0.1, 0.15) is 11.1 Å². The summed E-state index contributed by atoms with van der Waals surface area (Å²) in [4.78, 5) is 11.0. The number of ether oxygens (including phenoxy) is 2. The number of nitrogens with one attached hydrogen (secondary N) is 1. The monoisotopic (exact) mass is 207 g/mol. The van der Waals surface area contributed by atoms with E-state index in [1.54, 1.807) is 18.2 Å². The van der Waals surface area contributed by atoms with E-state index in [0.29, 0.717) is 5.56 Å². The molecule has 0 spiro atoms. The third-order valence-electron chi connectivity index (χ3n) is 1.97. The van der Waals surface area contributed by atoms with Gasteiger partial charge in [-0.05, 0) is 17.7 Å². The van der Waals surface area contributed by atoms with Gasteiger partial charge in [-0.2, -0.15) is 0 Å². The fraction of sp³-hybridized carbons (Fsp3) is 0.273. The summed E-state index contributed by atoms with van der Waals surface area (Å²) in [6, 6.07) is 7.08. The van der Waals surface area contributed by atoms with Gasteiger partial charge in [0.1, 0.15) is 0 Å². The Hall–Kier alpha value is -1.84. The van der Waals surface area contributed by atoms with Crippen LogP contribution < -0.4 is 0 Å². The molecular formula is C11H13NO3. The largest absolute Gasteiger partial charge is 0.481 e. The van der Waals surface area contributed by atoms with E-state index < -0.39 is 0 Å². The smallest absolute Gasteiger partial charge is 0.309 e. The van der Waals surface area contributed by atoms with Crippen LogP contribution in [0.3, 0.4) is 0 Å². The van der Waals surface area contributed by atoms with E-state index in [-0.39, 0.29) is 18.3 Å². The first kappa shape index (κ1) is 11.2. The summed E-state index contributed by atoms with van der Waals surface area (Å²) in [6.45, 7) is 0. The number of hydrogen-bond donors (Lipinski definition) is 1. The molecule has 0 aliphatic rings. The van der Waals surface area contributed by atoms with Crippen molar-refractivity contribution in [2.24, 2.45) is 0 Å². The van der Waals surface area contributed by atoms with Gasteiger partial charge in [0, 0.05) is 5.56 Å². The van der Waals surface area contributed by atoms with Crippen molar-refractivity contribution in [1.29, 1.82) is 5.41 Å². The highest BCUT2D eigenvalue weighted by atomic mass is 16.5. The predicted molar refractivity (Wildman–Crippen MR) is 56.0 cm³/mol. The van der Waals surface area contributed by atoms with E-state index in [2.05, 4.69) is 4.74 Å². The van der Waals surface area contributed by atoms with Crippen LogP contribution in [0.4, 0.5) is 0 Å². The van der Waals surface area contributed by atoms with Crippen LogP contribution in [0.15, 0.2) is 24.3 Å². The lowest BCUT2D eigenvalue weighted by molar-refractivity contribution is -0.139. The molecule has 1 N–H and O–H groups in total. The molecule has 0 bridgehead atoms. The van der Waals surface area contributed by atoms with Gasteiger partial charge in [-0.25, -0.2) is 0 Å². The van der Waals surface area contributed by atoms with Crippen LogP contribution in [-0.4, -0.2) is 26.1 Å². The summed E-state index contributed by atoms with van der Waals surface area (Å²) >= 11 is 0. The Morgan fingerprint density at radius 2 is 2.07 bits per heavy atom. The van der Waals surface area contributed by atoms with E-state index in [0.717, 1.165) is 5.56 Å². The van der Waals surface area contributed by atoms with E-state index in [4.69, 9.17) is 10.1 Å². The number of esters is 1. The minimum atomic E-state index is -0.295. The Balaban J connectivity index is 2.83. The minimum absolute atomic E-state index is 0.0849. The van der Waals surface area contributed by atoms with Crippen molar-refractivity contribution in [3.05, 3.63) is 35.4 Å². The number of carbonyl (C=O) groups excluding carboxylic acids is 1. The summed E-state index contributed by atoms with van der Waals surface area (Å²) in [7, 11) is 2.79. The summed E-state index contributed by atoms with van der Waals surface area (Å²) in [5.41, 5.74) is 1.46. The van der Waals surface area contributed by atoms with Gasteiger partial charge in [-0.1, -0.05) is 12.1 Å². The molecule has 1 rings (SSSR count). The van der Waals surface area contributed by atoms with Crippen molar-refractivity contribution in [2.75, 3.05) is 14.2 Å². The highest BCUT2D eigenvalue weighted by molar-refractivity contribution is 5.91. The van der Waals surface area contributed by atoms with Gasteiger partial charge < -0.3 is 9.47 Å². The minimum Gasteiger partial charge on any atom is -0.481 e. The lowest BCUT2D eigenvalue weighted by Crippen LogP contribution is -2.06. The van der Waals surface area contributed by atoms with Gasteiger partial charge >= 0.3 is 5.97 Å². The van der Waals surface area contributed by atoms with Crippen molar-refractivity contribution >= 4 is 11.9 Å². The van der Waals surface area contributed by atoms with Crippen molar-refractivity contribution in [2.45, 2.75) is 6.42 Å². The Morgan fingerprint density at radius 1 is 1.33 bits per heavy atom. The number of hydrogen-bond acceptors (Lipinski definition) is 4. The third kappa shape index (κ3) is 3.09. The van der Waals surface area contributed by atoms with E-state index in [9.17, 15) is 4.79 Å². The number of rotatable bonds is 3. The molecule has 0 aromatic heterocycles. The van der Waals surface area contributed by atoms with Crippen LogP contribution in [-0.2, 0) is 20.7 Å². The Bertz CT molecular complexity index is 374. The Morgan fingerprint density at radius 3 is 2.67 bits per heavy atom. The van der Waals surface area contributed by atoms with Gasteiger partial charge in [0.05, 0.1) is 20.6 Å². The molecule has 0 radical (unpaired) electrons. The highest BCUT2D eigenvalue weighted by Gasteiger charge is 2.05. The van der Waals surface area contributed by atoms with Crippen LogP contribution in [0.2, 0.25) is 0 Å². The van der Waals surface area contributed by atoms with Crippen molar-refractivity contribution in [1.82, 2.24) is 0 Å². The maximum atomic E-state index is 11.0. The number of methoxy groups -OCH3 is 2. The van der Waals surface area contributed by atoms with Gasteiger partial charge in [-0.15, -0.1) is 0 Å². The average Bonchev–Trinajstić information content (AvgIpc) is 2.28. The van der Waals surface area contributed by atoms with Crippen LogP contribution in [0, 0.1) is 5.41 Å². The first-order valence-electron chi connectivity index (χ1n) is 4.46. The average molecular weight is 207 g/mol. The summed E-state index contributed by atoms with van der Waals surface area (Å²) < 4.78 is 9.35. The Labute approximate surface area is 88.3 Å². The molecule has 4 heteroatoms. The van der Waals surface area contributed by atoms with Crippen molar-refractivity contribution < 1.29 is 14.3 Å². The highest BCUT2D eigenvalue weighted by Crippen LogP contribution is 2.07. The summed E-state index contributed by atoms with van der Waals surface area (Å²) in [5, 5.41) is 7.46. The predicted octanol–water partition coefficient (Wildman–Crippen LogP) is 1.37. The second-order valence-electron chi connectivity index (χ2n) is 2.99. The molecule has 0 amide bonds. The lowest BCUT2D eigenvalue weighted by atomic mass is 10.1. The maximum Gasteiger partial charge on any atom is 0.309 e. The standard InChI is InChI=1S/C11H13NO3/c1-14-10(13)7-8-4-3-5-9(6-8)11(12)15-2/h3-6,12H,7H2,1-2H3. The lowest BCUT2D eigenvalue weighted by Gasteiger charge is -2.04. The normalized spacial score (nSPS) is 9.47. The molecule has 80 valence electrons. The molecule has 0 aliphatic heterocycles. The maximum absolute atomic E-state index is 11.0. The molecule has 1 aromatic carbocycles. The molecule has 0 unspecified atom stereocenters. The van der Waals surface area contributed by atoms with Gasteiger partial charge in [0.25, 0.3) is 0 Å². The summed E-state index contributed by atoms with van der Waals surface area (Å²) in [5.74, 6) is -0.210. The zero-order valence-corrected chi connectivity index (χ0v) is 8.74. The number of carbonyl (C=O) groups is 1. The fourth-order valence-corrected chi connectivity index (χ4v) is 1.18. The van der Waals surface area contributed by atoms with Crippen molar-refractivity contribution in [3.8, 4) is 0 Å². The van der Waals surface area contributed by atoms with Crippen LogP contribution in [0.25, 0.3) is 0 Å². The fourth-order valence-electron chi connectivity index (χ4n) is 1.18. The molecular weight excluding hydrogens is 194 g/mol. The molecule has 1 aromatic rings. The van der Waals surface area contributed by atoms with Crippen molar-refractivity contribution in [3.63, 3.8) is 0 Å². The van der Waals surface area contributed by atoms with Gasteiger partial charge in [0.2, 0.25) is 5.90 Å². The van der Waals surface area contributed by atoms with Crippen LogP contribution >= 0.6 is 0 Å². The second kappa shape index (κ2) is 5.14. The topological polar surface area (TPSA) is 59.4 Å². The molecule has 0 saturated heterocycles. The van der Waals surface area contributed by atoms with Gasteiger partial charge in [0.15, 0.2) is 0 Å². The molecule has 0 saturated carbocycles.